The van der Waals surface area contributed by atoms with Gasteiger partial charge >= 0.3 is 0 Å². The Labute approximate surface area is 157 Å². The van der Waals surface area contributed by atoms with E-state index < -0.39 is 0 Å². The first-order chi connectivity index (χ1) is 11.0. The molecule has 2 aromatic carbocycles. The first kappa shape index (κ1) is 18.7. The molecule has 0 bridgehead atoms. The van der Waals surface area contributed by atoms with E-state index in [1.165, 1.54) is 0 Å². The highest BCUT2D eigenvalue weighted by Crippen LogP contribution is 2.29. The van der Waals surface area contributed by atoms with E-state index in [0.717, 1.165) is 24.3 Å². The van der Waals surface area contributed by atoms with Crippen LogP contribution in [0, 0.1) is 0 Å². The van der Waals surface area contributed by atoms with E-state index in [1.807, 2.05) is 43.4 Å². The van der Waals surface area contributed by atoms with Crippen LogP contribution >= 0.6 is 46.4 Å². The summed E-state index contributed by atoms with van der Waals surface area (Å²) < 4.78 is 0. The van der Waals surface area contributed by atoms with Gasteiger partial charge in [0.25, 0.3) is 0 Å². The molecular formula is C17H18Cl4N2. The number of hydrogen-bond acceptors (Lipinski definition) is 2. The summed E-state index contributed by atoms with van der Waals surface area (Å²) in [5.74, 6) is 0.589. The maximum absolute atomic E-state index is 6.28. The number of nitrogens with zero attached hydrogens (tertiary/aromatic N) is 1. The lowest BCUT2D eigenvalue weighted by atomic mass is 10.1. The van der Waals surface area contributed by atoms with E-state index in [4.69, 9.17) is 46.4 Å². The van der Waals surface area contributed by atoms with Crippen LogP contribution in [0.2, 0.25) is 15.1 Å². The molecular weight excluding hydrogens is 374 g/mol. The number of rotatable bonds is 7. The van der Waals surface area contributed by atoms with Crippen LogP contribution in [-0.4, -0.2) is 30.9 Å². The van der Waals surface area contributed by atoms with Gasteiger partial charge < -0.3 is 10.2 Å². The zero-order valence-electron chi connectivity index (χ0n) is 12.7. The van der Waals surface area contributed by atoms with Crippen LogP contribution in [-0.2, 0) is 0 Å². The minimum absolute atomic E-state index is 0.0548. The molecule has 0 radical (unpaired) electrons. The van der Waals surface area contributed by atoms with Crippen molar-refractivity contribution in [3.8, 4) is 0 Å². The molecule has 2 aromatic rings. The van der Waals surface area contributed by atoms with Crippen molar-refractivity contribution in [3.63, 3.8) is 0 Å². The lowest BCUT2D eigenvalue weighted by Crippen LogP contribution is -2.30. The third kappa shape index (κ3) is 5.74. The molecule has 0 amide bonds. The van der Waals surface area contributed by atoms with Gasteiger partial charge in [-0.2, -0.15) is 0 Å². The molecule has 2 nitrogen and oxygen atoms in total. The summed E-state index contributed by atoms with van der Waals surface area (Å²) >= 11 is 24.1. The van der Waals surface area contributed by atoms with Crippen molar-refractivity contribution in [2.45, 2.75) is 6.04 Å². The largest absolute Gasteiger partial charge is 0.376 e. The lowest BCUT2D eigenvalue weighted by Gasteiger charge is -2.26. The summed E-state index contributed by atoms with van der Waals surface area (Å²) in [5, 5.41) is 5.40. The second kappa shape index (κ2) is 9.00. The minimum atomic E-state index is 0.0548. The number of alkyl halides is 1. The Morgan fingerprint density at radius 2 is 1.65 bits per heavy atom. The predicted octanol–water partition coefficient (Wildman–Crippen LogP) is 5.97. The monoisotopic (exact) mass is 390 g/mol. The van der Waals surface area contributed by atoms with Gasteiger partial charge in [0.1, 0.15) is 0 Å². The molecule has 0 saturated carbocycles. The Balaban J connectivity index is 2.23. The molecule has 23 heavy (non-hydrogen) atoms. The summed E-state index contributed by atoms with van der Waals surface area (Å²) in [6, 6.07) is 13.3. The molecule has 1 N–H and O–H groups in total. The molecule has 0 aliphatic heterocycles. The molecule has 1 atom stereocenters. The van der Waals surface area contributed by atoms with Crippen LogP contribution in [0.25, 0.3) is 0 Å². The van der Waals surface area contributed by atoms with Gasteiger partial charge in [0, 0.05) is 29.0 Å². The number of hydrogen-bond donors (Lipinski definition) is 1. The van der Waals surface area contributed by atoms with Crippen LogP contribution in [0.5, 0.6) is 0 Å². The second-order valence-corrected chi connectivity index (χ2v) is 6.98. The average molecular weight is 392 g/mol. The summed E-state index contributed by atoms with van der Waals surface area (Å²) in [6.45, 7) is 1.59. The van der Waals surface area contributed by atoms with Gasteiger partial charge in [-0.25, -0.2) is 0 Å². The van der Waals surface area contributed by atoms with Crippen molar-refractivity contribution in [2.24, 2.45) is 0 Å². The van der Waals surface area contributed by atoms with Gasteiger partial charge in [0.2, 0.25) is 0 Å². The molecule has 0 heterocycles. The van der Waals surface area contributed by atoms with Gasteiger partial charge in [-0.1, -0.05) is 46.9 Å². The quantitative estimate of drug-likeness (QED) is 0.584. The van der Waals surface area contributed by atoms with Crippen LogP contribution in [0.1, 0.15) is 11.6 Å². The fourth-order valence-electron chi connectivity index (χ4n) is 2.27. The molecule has 0 aliphatic rings. The molecule has 0 fully saturated rings. The Morgan fingerprint density at radius 1 is 1.00 bits per heavy atom. The van der Waals surface area contributed by atoms with Crippen molar-refractivity contribution >= 4 is 52.1 Å². The average Bonchev–Trinajstić information content (AvgIpc) is 2.50. The number of benzene rings is 2. The Hall–Kier alpha value is -0.640. The van der Waals surface area contributed by atoms with Crippen molar-refractivity contribution in [1.82, 2.24) is 4.90 Å². The highest BCUT2D eigenvalue weighted by atomic mass is 35.5. The van der Waals surface area contributed by atoms with Crippen molar-refractivity contribution in [1.29, 1.82) is 0 Å². The standard InChI is InChI=1S/C17H18Cl4N2/c1-23(9-8-18)11-17(12-2-4-13(19)5-3-12)22-16-7-6-14(20)10-15(16)21/h2-7,10,17,22H,8-9,11H2,1H3/t17-/m0/s1. The Morgan fingerprint density at radius 3 is 2.26 bits per heavy atom. The van der Waals surface area contributed by atoms with Crippen LogP contribution < -0.4 is 5.32 Å². The number of halogens is 4. The third-order valence-corrected chi connectivity index (χ3v) is 4.46. The zero-order chi connectivity index (χ0) is 16.8. The first-order valence-electron chi connectivity index (χ1n) is 7.21. The number of anilines is 1. The SMILES string of the molecule is CN(CCCl)C[C@H](Nc1ccc(Cl)cc1Cl)c1ccc(Cl)cc1. The van der Waals surface area contributed by atoms with Crippen molar-refractivity contribution in [2.75, 3.05) is 31.3 Å². The third-order valence-electron chi connectivity index (χ3n) is 3.49. The normalized spacial score (nSPS) is 12.4. The summed E-state index contributed by atoms with van der Waals surface area (Å²) in [5.41, 5.74) is 1.97. The number of nitrogens with one attached hydrogen (secondary N) is 1. The molecule has 0 aromatic heterocycles. The first-order valence-corrected chi connectivity index (χ1v) is 8.88. The van der Waals surface area contributed by atoms with E-state index in [0.29, 0.717) is 20.9 Å². The van der Waals surface area contributed by atoms with Gasteiger partial charge in [0.05, 0.1) is 16.8 Å². The topological polar surface area (TPSA) is 15.3 Å². The van der Waals surface area contributed by atoms with Gasteiger partial charge in [0.15, 0.2) is 0 Å². The van der Waals surface area contributed by atoms with Crippen LogP contribution in [0.4, 0.5) is 5.69 Å². The molecule has 0 spiro atoms. The molecule has 6 heteroatoms. The maximum atomic E-state index is 6.28. The fraction of sp³-hybridized carbons (Fsp3) is 0.294. The Kier molecular flexibility index (Phi) is 7.32. The van der Waals surface area contributed by atoms with E-state index >= 15 is 0 Å². The van der Waals surface area contributed by atoms with Gasteiger partial charge in [-0.15, -0.1) is 11.6 Å². The van der Waals surface area contributed by atoms with E-state index in [2.05, 4.69) is 10.2 Å². The van der Waals surface area contributed by atoms with Crippen LogP contribution in [0.3, 0.4) is 0 Å². The van der Waals surface area contributed by atoms with Crippen molar-refractivity contribution in [3.05, 3.63) is 63.1 Å². The molecule has 0 aliphatic carbocycles. The molecule has 0 unspecified atom stereocenters. The zero-order valence-corrected chi connectivity index (χ0v) is 15.7. The number of likely N-dealkylation sites (N-methyl/N-ethyl adjacent to an activating group) is 1. The lowest BCUT2D eigenvalue weighted by molar-refractivity contribution is 0.338. The van der Waals surface area contributed by atoms with Gasteiger partial charge in [-0.05, 0) is 42.9 Å². The predicted molar refractivity (Wildman–Crippen MR) is 102 cm³/mol. The van der Waals surface area contributed by atoms with Crippen molar-refractivity contribution < 1.29 is 0 Å². The highest BCUT2D eigenvalue weighted by Gasteiger charge is 2.15. The molecule has 124 valence electrons. The fourth-order valence-corrected chi connectivity index (χ4v) is 3.15. The van der Waals surface area contributed by atoms with E-state index in [9.17, 15) is 0 Å². The molecule has 0 saturated heterocycles. The van der Waals surface area contributed by atoms with Gasteiger partial charge in [-0.3, -0.25) is 0 Å². The van der Waals surface area contributed by atoms with E-state index in [1.54, 1.807) is 6.07 Å². The van der Waals surface area contributed by atoms with E-state index in [-0.39, 0.29) is 6.04 Å². The highest BCUT2D eigenvalue weighted by molar-refractivity contribution is 6.36. The summed E-state index contributed by atoms with van der Waals surface area (Å²) in [4.78, 5) is 2.17. The smallest absolute Gasteiger partial charge is 0.0652 e. The molecule has 2 rings (SSSR count). The maximum Gasteiger partial charge on any atom is 0.0652 e. The Bertz CT molecular complexity index is 631. The summed E-state index contributed by atoms with van der Waals surface area (Å²) in [7, 11) is 2.04. The minimum Gasteiger partial charge on any atom is -0.376 e. The summed E-state index contributed by atoms with van der Waals surface area (Å²) in [6.07, 6.45) is 0. The van der Waals surface area contributed by atoms with Crippen LogP contribution in [0.15, 0.2) is 42.5 Å². The second-order valence-electron chi connectivity index (χ2n) is 5.32.